The number of hydrogen-bond acceptors (Lipinski definition) is 5. The number of carbonyl (C=O) groups excluding carboxylic acids is 3. The van der Waals surface area contributed by atoms with Gasteiger partial charge in [0.25, 0.3) is 0 Å². The molecule has 0 aromatic heterocycles. The van der Waals surface area contributed by atoms with E-state index in [1.54, 1.807) is 16.7 Å². The van der Waals surface area contributed by atoms with Gasteiger partial charge in [-0.25, -0.2) is 0 Å². The Morgan fingerprint density at radius 3 is 2.39 bits per heavy atom. The zero-order valence-electron chi connectivity index (χ0n) is 20.6. The maximum absolute atomic E-state index is 14.2. The fraction of sp³-hybridized carbons (Fsp3) is 0.464. The van der Waals surface area contributed by atoms with Crippen molar-refractivity contribution < 1.29 is 19.5 Å². The van der Waals surface area contributed by atoms with Crippen LogP contribution < -0.4 is 10.6 Å². The lowest BCUT2D eigenvalue weighted by molar-refractivity contribution is -0.142. The third kappa shape index (κ3) is 4.20. The second kappa shape index (κ2) is 9.90. The average Bonchev–Trinajstić information content (AvgIpc) is 3.51. The van der Waals surface area contributed by atoms with Gasteiger partial charge in [-0.2, -0.15) is 0 Å². The molecule has 0 saturated carbocycles. The molecule has 2 unspecified atom stereocenters. The zero-order chi connectivity index (χ0) is 25.4. The predicted octanol–water partition coefficient (Wildman–Crippen LogP) is 2.84. The molecule has 3 saturated heterocycles. The number of rotatable bonds is 8. The highest BCUT2D eigenvalue weighted by molar-refractivity contribution is 8.02. The summed E-state index contributed by atoms with van der Waals surface area (Å²) in [5.74, 6) is -1.70. The first-order chi connectivity index (χ1) is 17.4. The average molecular weight is 508 g/mol. The van der Waals surface area contributed by atoms with Crippen LogP contribution in [0, 0.1) is 11.8 Å². The molecule has 3 amide bonds. The van der Waals surface area contributed by atoms with Gasteiger partial charge in [0.2, 0.25) is 17.7 Å². The van der Waals surface area contributed by atoms with Crippen LogP contribution >= 0.6 is 11.8 Å². The van der Waals surface area contributed by atoms with Crippen molar-refractivity contribution in [2.45, 2.75) is 61.2 Å². The van der Waals surface area contributed by atoms with Crippen LogP contribution in [0.1, 0.15) is 32.3 Å². The highest BCUT2D eigenvalue weighted by Crippen LogP contribution is 2.66. The molecule has 1 spiro atoms. The van der Waals surface area contributed by atoms with Crippen molar-refractivity contribution in [2.75, 3.05) is 11.9 Å². The van der Waals surface area contributed by atoms with Gasteiger partial charge in [0, 0.05) is 17.0 Å². The summed E-state index contributed by atoms with van der Waals surface area (Å²) in [5.41, 5.74) is 1.68. The quantitative estimate of drug-likeness (QED) is 0.510. The van der Waals surface area contributed by atoms with E-state index < -0.39 is 28.7 Å². The molecule has 0 radical (unpaired) electrons. The molecule has 2 aromatic rings. The number of fused-ring (bicyclic) bond motifs is 1. The highest BCUT2D eigenvalue weighted by atomic mass is 32.2. The van der Waals surface area contributed by atoms with Crippen molar-refractivity contribution in [1.82, 2.24) is 10.2 Å². The van der Waals surface area contributed by atoms with Gasteiger partial charge in [-0.15, -0.1) is 11.8 Å². The van der Waals surface area contributed by atoms with Gasteiger partial charge < -0.3 is 20.6 Å². The van der Waals surface area contributed by atoms with Gasteiger partial charge in [-0.05, 0) is 50.8 Å². The van der Waals surface area contributed by atoms with Crippen LogP contribution in [0.15, 0.2) is 60.7 Å². The number of para-hydroxylation sites is 1. The van der Waals surface area contributed by atoms with Crippen LogP contribution in [0.4, 0.5) is 5.69 Å². The van der Waals surface area contributed by atoms with E-state index >= 15 is 0 Å². The van der Waals surface area contributed by atoms with Crippen LogP contribution in [-0.2, 0) is 20.8 Å². The number of thioether (sulfide) groups is 1. The number of likely N-dealkylation sites (tertiary alicyclic amines) is 1. The molecule has 3 fully saturated rings. The minimum Gasteiger partial charge on any atom is -0.394 e. The summed E-state index contributed by atoms with van der Waals surface area (Å²) in [6, 6.07) is 17.6. The van der Waals surface area contributed by atoms with E-state index in [9.17, 15) is 19.5 Å². The maximum atomic E-state index is 14.2. The fourth-order valence-corrected chi connectivity index (χ4v) is 8.54. The summed E-state index contributed by atoms with van der Waals surface area (Å²) in [6.07, 6.45) is 1.92. The Morgan fingerprint density at radius 1 is 1.08 bits per heavy atom. The molecule has 2 bridgehead atoms. The first kappa shape index (κ1) is 24.8. The third-order valence-electron chi connectivity index (χ3n) is 7.68. The Labute approximate surface area is 216 Å². The molecule has 3 aliphatic heterocycles. The topological polar surface area (TPSA) is 98.7 Å². The molecular weight excluding hydrogens is 474 g/mol. The number of amides is 3. The van der Waals surface area contributed by atoms with Crippen molar-refractivity contribution >= 4 is 35.2 Å². The molecule has 190 valence electrons. The first-order valence-electron chi connectivity index (χ1n) is 12.7. The second-order valence-corrected chi connectivity index (χ2v) is 11.9. The third-order valence-corrected chi connectivity index (χ3v) is 9.63. The molecule has 8 heteroatoms. The van der Waals surface area contributed by atoms with Crippen LogP contribution in [0.5, 0.6) is 0 Å². The van der Waals surface area contributed by atoms with E-state index in [1.165, 1.54) is 0 Å². The van der Waals surface area contributed by atoms with Crippen LogP contribution in [0.3, 0.4) is 0 Å². The maximum Gasteiger partial charge on any atom is 0.244 e. The van der Waals surface area contributed by atoms with Crippen molar-refractivity contribution in [3.05, 3.63) is 66.2 Å². The molecule has 3 aliphatic rings. The predicted molar refractivity (Wildman–Crippen MR) is 140 cm³/mol. The van der Waals surface area contributed by atoms with Gasteiger partial charge in [-0.3, -0.25) is 14.4 Å². The fourth-order valence-electron chi connectivity index (χ4n) is 6.33. The van der Waals surface area contributed by atoms with Crippen molar-refractivity contribution in [2.24, 2.45) is 11.8 Å². The Bertz CT molecular complexity index is 1130. The summed E-state index contributed by atoms with van der Waals surface area (Å²) in [5, 5.41) is 16.4. The van der Waals surface area contributed by atoms with Gasteiger partial charge >= 0.3 is 0 Å². The number of benzene rings is 2. The Morgan fingerprint density at radius 2 is 1.75 bits per heavy atom. The second-order valence-electron chi connectivity index (χ2n) is 10.3. The highest BCUT2D eigenvalue weighted by Gasteiger charge is 2.74. The number of aliphatic hydroxyl groups excluding tert-OH is 1. The first-order valence-corrected chi connectivity index (χ1v) is 13.5. The van der Waals surface area contributed by atoms with Crippen molar-refractivity contribution in [1.29, 1.82) is 0 Å². The Hall–Kier alpha value is -2.84. The minimum absolute atomic E-state index is 0.0131. The molecular formula is C28H33N3O4S. The lowest BCUT2D eigenvalue weighted by Crippen LogP contribution is -2.57. The lowest BCUT2D eigenvalue weighted by atomic mass is 9.70. The summed E-state index contributed by atoms with van der Waals surface area (Å²) in [6.45, 7) is 3.54. The number of carbonyl (C=O) groups is 3. The van der Waals surface area contributed by atoms with E-state index in [1.807, 2.05) is 74.5 Å². The number of aliphatic hydroxyl groups is 1. The molecule has 2 aromatic carbocycles. The minimum atomic E-state index is -0.734. The van der Waals surface area contributed by atoms with E-state index in [0.717, 1.165) is 12.0 Å². The lowest BCUT2D eigenvalue weighted by Gasteiger charge is -2.37. The molecule has 5 rings (SSSR count). The monoisotopic (exact) mass is 507 g/mol. The molecule has 3 N–H and O–H groups in total. The van der Waals surface area contributed by atoms with Crippen molar-refractivity contribution in [3.8, 4) is 0 Å². The van der Waals surface area contributed by atoms with Crippen molar-refractivity contribution in [3.63, 3.8) is 0 Å². The van der Waals surface area contributed by atoms with Crippen LogP contribution in [0.25, 0.3) is 0 Å². The molecule has 0 aliphatic carbocycles. The molecule has 36 heavy (non-hydrogen) atoms. The Balaban J connectivity index is 1.51. The number of nitrogens with zero attached hydrogens (tertiary/aromatic N) is 1. The molecule has 3 heterocycles. The zero-order valence-corrected chi connectivity index (χ0v) is 21.4. The van der Waals surface area contributed by atoms with Gasteiger partial charge in [0.05, 0.1) is 29.2 Å². The van der Waals surface area contributed by atoms with Gasteiger partial charge in [0.15, 0.2) is 0 Å². The van der Waals surface area contributed by atoms with Crippen LogP contribution in [-0.4, -0.2) is 62.5 Å². The summed E-state index contributed by atoms with van der Waals surface area (Å²) >= 11 is 1.64. The molecule has 7 nitrogen and oxygen atoms in total. The smallest absolute Gasteiger partial charge is 0.244 e. The van der Waals surface area contributed by atoms with E-state index in [-0.39, 0.29) is 35.6 Å². The van der Waals surface area contributed by atoms with E-state index in [0.29, 0.717) is 18.5 Å². The molecule has 6 atom stereocenters. The standard InChI is InChI=1S/C28H33N3O4S/c1-17(2)29-26(34)24-28-14-13-21(36-28)22(25(33)30-19-11-7-4-8-12-19)23(28)27(35)31(24)20(16-32)15-18-9-5-3-6-10-18/h3-12,17,20-24,32H,13-16H2,1-2H3,(H,29,34)(H,30,33)/t20-,21+,22-,23+,24?,28?/m1/s1. The van der Waals surface area contributed by atoms with Gasteiger partial charge in [-0.1, -0.05) is 48.5 Å². The van der Waals surface area contributed by atoms with E-state index in [4.69, 9.17) is 0 Å². The SMILES string of the molecule is CC(C)NC(=O)C1N([C@@H](CO)Cc2ccccc2)C(=O)[C@@H]2[C@H](C(=O)Nc3ccccc3)[C@@H]3CCC12S3. The largest absolute Gasteiger partial charge is 0.394 e. The normalized spacial score (nSPS) is 29.3. The summed E-state index contributed by atoms with van der Waals surface area (Å²) in [7, 11) is 0. The van der Waals surface area contributed by atoms with Gasteiger partial charge in [0.1, 0.15) is 6.04 Å². The Kier molecular flexibility index (Phi) is 6.83. The number of anilines is 1. The number of nitrogens with one attached hydrogen (secondary N) is 2. The van der Waals surface area contributed by atoms with E-state index in [2.05, 4.69) is 10.6 Å². The van der Waals surface area contributed by atoms with Crippen LogP contribution in [0.2, 0.25) is 0 Å². The summed E-state index contributed by atoms with van der Waals surface area (Å²) in [4.78, 5) is 43.0. The number of hydrogen-bond donors (Lipinski definition) is 3. The summed E-state index contributed by atoms with van der Waals surface area (Å²) < 4.78 is -0.677.